The number of benzene rings is 3. The van der Waals surface area contributed by atoms with Crippen LogP contribution in [0.5, 0.6) is 5.75 Å². The fourth-order valence-corrected chi connectivity index (χ4v) is 3.93. The first-order valence-electron chi connectivity index (χ1n) is 10.4. The van der Waals surface area contributed by atoms with Crippen LogP contribution in [0, 0.1) is 13.8 Å². The molecule has 4 aromatic rings. The lowest BCUT2D eigenvalue weighted by Crippen LogP contribution is -2.23. The predicted octanol–water partition coefficient (Wildman–Crippen LogP) is 5.76. The number of carbonyl (C=O) groups excluding carboxylic acids is 1. The molecule has 1 aromatic heterocycles. The number of hydrogen-bond acceptors (Lipinski definition) is 3. The van der Waals surface area contributed by atoms with E-state index in [1.54, 1.807) is 0 Å². The third-order valence-electron chi connectivity index (χ3n) is 5.26. The van der Waals surface area contributed by atoms with Gasteiger partial charge in [0.2, 0.25) is 0 Å². The van der Waals surface area contributed by atoms with Crippen molar-refractivity contribution < 1.29 is 9.53 Å². The molecular weight excluding hydrogens is 466 g/mol. The molecule has 32 heavy (non-hydrogen) atoms. The van der Waals surface area contributed by atoms with Crippen LogP contribution in [0.2, 0.25) is 0 Å². The molecule has 0 aliphatic heterocycles. The summed E-state index contributed by atoms with van der Waals surface area (Å²) < 4.78 is 8.72. The van der Waals surface area contributed by atoms with E-state index in [0.717, 1.165) is 38.4 Å². The van der Waals surface area contributed by atoms with Crippen LogP contribution in [0.3, 0.4) is 0 Å². The minimum atomic E-state index is -0.124. The zero-order chi connectivity index (χ0) is 22.5. The number of halogens is 1. The van der Waals surface area contributed by atoms with Crippen molar-refractivity contribution in [1.29, 1.82) is 0 Å². The van der Waals surface area contributed by atoms with E-state index in [4.69, 9.17) is 4.74 Å². The molecule has 0 saturated carbocycles. The summed E-state index contributed by atoms with van der Waals surface area (Å²) in [5.74, 6) is 0.649. The molecule has 4 rings (SSSR count). The maximum absolute atomic E-state index is 12.8. The van der Waals surface area contributed by atoms with Gasteiger partial charge in [-0.15, -0.1) is 0 Å². The number of amides is 1. The molecule has 0 saturated heterocycles. The Morgan fingerprint density at radius 3 is 2.56 bits per heavy atom. The number of rotatable bonds is 7. The molecule has 0 spiro atoms. The molecule has 1 N–H and O–H groups in total. The first-order valence-corrected chi connectivity index (χ1v) is 11.2. The lowest BCUT2D eigenvalue weighted by Gasteiger charge is -2.10. The SMILES string of the molecule is Cc1nn(-c2ccccc2)c(C)c1CNC(=O)c1cccc(COc2cccc(Br)c2)c1. The van der Waals surface area contributed by atoms with E-state index in [2.05, 4.69) is 26.3 Å². The standard InChI is InChI=1S/C26H24BrN3O2/c1-18-25(19(2)30(29-18)23-11-4-3-5-12-23)16-28-26(31)21-9-6-8-20(14-21)17-32-24-13-7-10-22(27)15-24/h3-15H,16-17H2,1-2H3,(H,28,31). The third-order valence-corrected chi connectivity index (χ3v) is 5.75. The van der Waals surface area contributed by atoms with Crippen LogP contribution in [0.1, 0.15) is 32.9 Å². The van der Waals surface area contributed by atoms with Gasteiger partial charge in [-0.05, 0) is 61.9 Å². The fraction of sp³-hybridized carbons (Fsp3) is 0.154. The monoisotopic (exact) mass is 489 g/mol. The van der Waals surface area contributed by atoms with Crippen LogP contribution >= 0.6 is 15.9 Å². The highest BCUT2D eigenvalue weighted by molar-refractivity contribution is 9.10. The lowest BCUT2D eigenvalue weighted by molar-refractivity contribution is 0.0950. The van der Waals surface area contributed by atoms with Gasteiger partial charge in [-0.1, -0.05) is 52.3 Å². The maximum atomic E-state index is 12.8. The molecule has 0 bridgehead atoms. The van der Waals surface area contributed by atoms with Crippen molar-refractivity contribution in [1.82, 2.24) is 15.1 Å². The number of nitrogens with zero attached hydrogens (tertiary/aromatic N) is 2. The Labute approximate surface area is 196 Å². The Hall–Kier alpha value is -3.38. The first kappa shape index (κ1) is 21.8. The summed E-state index contributed by atoms with van der Waals surface area (Å²) in [4.78, 5) is 12.8. The summed E-state index contributed by atoms with van der Waals surface area (Å²) >= 11 is 3.44. The molecule has 5 nitrogen and oxygen atoms in total. The van der Waals surface area contributed by atoms with Gasteiger partial charge in [-0.25, -0.2) is 4.68 Å². The number of para-hydroxylation sites is 1. The predicted molar refractivity (Wildman–Crippen MR) is 129 cm³/mol. The van der Waals surface area contributed by atoms with E-state index < -0.39 is 0 Å². The second-order valence-corrected chi connectivity index (χ2v) is 8.44. The molecule has 0 atom stereocenters. The van der Waals surface area contributed by atoms with Crippen LogP contribution in [0.25, 0.3) is 5.69 Å². The minimum Gasteiger partial charge on any atom is -0.489 e. The molecule has 0 aliphatic rings. The molecule has 0 aliphatic carbocycles. The van der Waals surface area contributed by atoms with E-state index in [-0.39, 0.29) is 5.91 Å². The number of aryl methyl sites for hydroxylation is 1. The molecule has 6 heteroatoms. The minimum absolute atomic E-state index is 0.124. The zero-order valence-electron chi connectivity index (χ0n) is 18.0. The molecular formula is C26H24BrN3O2. The summed E-state index contributed by atoms with van der Waals surface area (Å²) in [6, 6.07) is 25.2. The quantitative estimate of drug-likeness (QED) is 0.359. The van der Waals surface area contributed by atoms with Gasteiger partial charge in [0.25, 0.3) is 5.91 Å². The first-order chi connectivity index (χ1) is 15.5. The Bertz CT molecular complexity index is 1240. The van der Waals surface area contributed by atoms with E-state index in [0.29, 0.717) is 18.7 Å². The molecule has 0 unspecified atom stereocenters. The summed E-state index contributed by atoms with van der Waals surface area (Å²) in [5, 5.41) is 7.68. The molecule has 0 fully saturated rings. The smallest absolute Gasteiger partial charge is 0.251 e. The van der Waals surface area contributed by atoms with Gasteiger partial charge >= 0.3 is 0 Å². The molecule has 162 valence electrons. The summed E-state index contributed by atoms with van der Waals surface area (Å²) in [5.41, 5.74) is 5.49. The van der Waals surface area contributed by atoms with Crippen molar-refractivity contribution in [2.75, 3.05) is 0 Å². The number of ether oxygens (including phenoxy) is 1. The van der Waals surface area contributed by atoms with Crippen molar-refractivity contribution in [2.24, 2.45) is 0 Å². The summed E-state index contributed by atoms with van der Waals surface area (Å²) in [6.07, 6.45) is 0. The highest BCUT2D eigenvalue weighted by atomic mass is 79.9. The third kappa shape index (κ3) is 5.08. The summed E-state index contributed by atoms with van der Waals surface area (Å²) in [6.45, 7) is 4.80. The Kier molecular flexibility index (Phi) is 6.71. The van der Waals surface area contributed by atoms with Crippen molar-refractivity contribution >= 4 is 21.8 Å². The van der Waals surface area contributed by atoms with Gasteiger partial charge in [0.05, 0.1) is 11.4 Å². The largest absolute Gasteiger partial charge is 0.489 e. The second kappa shape index (κ2) is 9.83. The van der Waals surface area contributed by atoms with E-state index >= 15 is 0 Å². The van der Waals surface area contributed by atoms with Crippen LogP contribution < -0.4 is 10.1 Å². The average Bonchev–Trinajstić information content (AvgIpc) is 3.10. The van der Waals surface area contributed by atoms with Crippen molar-refractivity contribution in [3.63, 3.8) is 0 Å². The van der Waals surface area contributed by atoms with Gasteiger partial charge < -0.3 is 10.1 Å². The van der Waals surface area contributed by atoms with E-state index in [9.17, 15) is 4.79 Å². The number of carbonyl (C=O) groups is 1. The maximum Gasteiger partial charge on any atom is 0.251 e. The highest BCUT2D eigenvalue weighted by Gasteiger charge is 2.14. The van der Waals surface area contributed by atoms with E-state index in [1.807, 2.05) is 97.4 Å². The number of aromatic nitrogens is 2. The van der Waals surface area contributed by atoms with Gasteiger partial charge in [-0.2, -0.15) is 5.10 Å². The van der Waals surface area contributed by atoms with E-state index in [1.165, 1.54) is 0 Å². The topological polar surface area (TPSA) is 56.2 Å². The van der Waals surface area contributed by atoms with Crippen LogP contribution in [0.15, 0.2) is 83.3 Å². The van der Waals surface area contributed by atoms with Gasteiger partial charge in [-0.3, -0.25) is 4.79 Å². The van der Waals surface area contributed by atoms with Crippen LogP contribution in [0.4, 0.5) is 0 Å². The second-order valence-electron chi connectivity index (χ2n) is 7.53. The Morgan fingerprint density at radius 2 is 1.78 bits per heavy atom. The molecule has 1 heterocycles. The van der Waals surface area contributed by atoms with Crippen molar-refractivity contribution in [2.45, 2.75) is 27.0 Å². The highest BCUT2D eigenvalue weighted by Crippen LogP contribution is 2.20. The number of hydrogen-bond donors (Lipinski definition) is 1. The molecule has 3 aromatic carbocycles. The average molecular weight is 490 g/mol. The van der Waals surface area contributed by atoms with Crippen LogP contribution in [-0.4, -0.2) is 15.7 Å². The number of nitrogens with one attached hydrogen (secondary N) is 1. The molecule has 1 amide bonds. The van der Waals surface area contributed by atoms with Gasteiger partial charge in [0, 0.05) is 27.8 Å². The Morgan fingerprint density at radius 1 is 1.00 bits per heavy atom. The van der Waals surface area contributed by atoms with Gasteiger partial charge in [0.1, 0.15) is 12.4 Å². The molecule has 0 radical (unpaired) electrons. The summed E-state index contributed by atoms with van der Waals surface area (Å²) in [7, 11) is 0. The van der Waals surface area contributed by atoms with Gasteiger partial charge in [0.15, 0.2) is 0 Å². The lowest BCUT2D eigenvalue weighted by atomic mass is 10.1. The fourth-order valence-electron chi connectivity index (χ4n) is 3.55. The zero-order valence-corrected chi connectivity index (χ0v) is 19.6. The van der Waals surface area contributed by atoms with Crippen LogP contribution in [-0.2, 0) is 13.2 Å². The Balaban J connectivity index is 1.42. The van der Waals surface area contributed by atoms with Crippen molar-refractivity contribution in [3.8, 4) is 11.4 Å². The normalized spacial score (nSPS) is 10.7. The van der Waals surface area contributed by atoms with Crippen molar-refractivity contribution in [3.05, 3.63) is 111 Å².